The zero-order chi connectivity index (χ0) is 33.7. The van der Waals surface area contributed by atoms with Crippen molar-refractivity contribution in [2.75, 3.05) is 36.1 Å². The molecule has 9 nitrogen and oxygen atoms in total. The van der Waals surface area contributed by atoms with E-state index in [0.29, 0.717) is 17.5 Å². The number of hydrogen-bond donors (Lipinski definition) is 3. The lowest BCUT2D eigenvalue weighted by molar-refractivity contribution is -0.112. The molecule has 244 valence electrons. The summed E-state index contributed by atoms with van der Waals surface area (Å²) in [6, 6.07) is 21.7. The molecule has 47 heavy (non-hydrogen) atoms. The number of piperidine rings is 1. The van der Waals surface area contributed by atoms with Gasteiger partial charge in [0.25, 0.3) is 11.7 Å². The summed E-state index contributed by atoms with van der Waals surface area (Å²) >= 11 is 0. The van der Waals surface area contributed by atoms with E-state index in [-0.39, 0.29) is 28.0 Å². The second-order valence-electron chi connectivity index (χ2n) is 13.3. The lowest BCUT2D eigenvalue weighted by Crippen LogP contribution is -2.45. The zero-order valence-electron chi connectivity index (χ0n) is 28.1. The van der Waals surface area contributed by atoms with Crippen LogP contribution in [-0.4, -0.2) is 53.9 Å². The molecule has 0 aliphatic carbocycles. The molecule has 5 rings (SSSR count). The van der Waals surface area contributed by atoms with E-state index in [0.717, 1.165) is 41.2 Å². The number of fused-ring (bicyclic) bond motifs is 1. The lowest BCUT2D eigenvalue weighted by atomic mass is 9.85. The van der Waals surface area contributed by atoms with Crippen LogP contribution in [0.5, 0.6) is 5.75 Å². The second kappa shape index (κ2) is 14.2. The van der Waals surface area contributed by atoms with Gasteiger partial charge >= 0.3 is 0 Å². The second-order valence-corrected chi connectivity index (χ2v) is 13.3. The number of nitrogens with one attached hydrogen (secondary N) is 3. The minimum Gasteiger partial charge on any atom is -0.493 e. The summed E-state index contributed by atoms with van der Waals surface area (Å²) in [5.74, 6) is -0.511. The molecule has 1 amide bonds. The molecular weight excluding hydrogens is 588 g/mol. The number of benzene rings is 3. The van der Waals surface area contributed by atoms with E-state index >= 15 is 0 Å². The first-order chi connectivity index (χ1) is 22.5. The van der Waals surface area contributed by atoms with Crippen molar-refractivity contribution in [3.05, 3.63) is 83.6 Å². The van der Waals surface area contributed by atoms with Gasteiger partial charge in [-0.2, -0.15) is 5.26 Å². The molecular formula is C38H44N6O3. The van der Waals surface area contributed by atoms with Crippen LogP contribution in [0.15, 0.2) is 66.9 Å². The van der Waals surface area contributed by atoms with Crippen molar-refractivity contribution in [2.24, 2.45) is 0 Å². The highest BCUT2D eigenvalue weighted by Gasteiger charge is 2.26. The number of Topliss-reactive ketones (excluding diaryl/α,β-unsaturated/α-hetero) is 1. The highest BCUT2D eigenvalue weighted by Crippen LogP contribution is 2.36. The Kier molecular flexibility index (Phi) is 10.1. The number of carbonyl (C=O) groups is 2. The Morgan fingerprint density at radius 2 is 1.72 bits per heavy atom. The van der Waals surface area contributed by atoms with Gasteiger partial charge < -0.3 is 20.7 Å². The fourth-order valence-corrected chi connectivity index (χ4v) is 6.35. The van der Waals surface area contributed by atoms with Gasteiger partial charge in [0.15, 0.2) is 5.75 Å². The van der Waals surface area contributed by atoms with Gasteiger partial charge in [-0.15, -0.1) is 0 Å². The molecule has 0 saturated carbocycles. The smallest absolute Gasteiger partial charge is 0.296 e. The van der Waals surface area contributed by atoms with Crippen LogP contribution in [0.2, 0.25) is 0 Å². The maximum atomic E-state index is 13.6. The summed E-state index contributed by atoms with van der Waals surface area (Å²) in [6.45, 7) is 12.4. The summed E-state index contributed by atoms with van der Waals surface area (Å²) < 4.78 is 5.46. The number of nitriles is 1. The number of amides is 1. The third kappa shape index (κ3) is 7.55. The molecule has 1 aliphatic heterocycles. The van der Waals surface area contributed by atoms with Gasteiger partial charge in [0.2, 0.25) is 0 Å². The van der Waals surface area contributed by atoms with Crippen LogP contribution in [0.25, 0.3) is 10.8 Å². The molecule has 1 aliphatic rings. The number of pyridine rings is 1. The lowest BCUT2D eigenvalue weighted by Gasteiger charge is -2.39. The van der Waals surface area contributed by atoms with E-state index in [9.17, 15) is 14.9 Å². The SMILES string of the molecule is COc1c(C#N)cc(C(C)(C)C)cc1NC(=O)C(=O)c1ccc(Nc2ccnc(NCCN3C(C)CCCC3C)c2)c2ccccc12. The fourth-order valence-electron chi connectivity index (χ4n) is 6.35. The Morgan fingerprint density at radius 1 is 1.00 bits per heavy atom. The highest BCUT2D eigenvalue weighted by atomic mass is 16.5. The Hall–Kier alpha value is -4.94. The van der Waals surface area contributed by atoms with Crippen LogP contribution in [0.1, 0.15) is 75.4 Å². The Balaban J connectivity index is 1.34. The van der Waals surface area contributed by atoms with Gasteiger partial charge in [0.05, 0.1) is 18.4 Å². The predicted molar refractivity (Wildman–Crippen MR) is 189 cm³/mol. The molecule has 2 heterocycles. The average Bonchev–Trinajstić information content (AvgIpc) is 3.05. The summed E-state index contributed by atoms with van der Waals surface area (Å²) in [4.78, 5) is 34.1. The monoisotopic (exact) mass is 632 g/mol. The number of ketones is 1. The molecule has 4 aromatic rings. The Bertz CT molecular complexity index is 1810. The Labute approximate surface area is 277 Å². The maximum absolute atomic E-state index is 13.6. The normalized spacial score (nSPS) is 16.7. The standard InChI is InChI=1S/C38H44N6O3/c1-24-10-9-11-25(2)44(24)19-18-41-34-22-28(16-17-40-34)42-32-15-14-31(29-12-7-8-13-30(29)32)35(45)37(46)43-33-21-27(38(3,4)5)20-26(23-39)36(33)47-6/h7-8,12-17,20-22,24-25H,9-11,18-19H2,1-6H3,(H,43,46)(H2,40,41,42). The van der Waals surface area contributed by atoms with Crippen molar-refractivity contribution in [3.8, 4) is 11.8 Å². The van der Waals surface area contributed by atoms with Gasteiger partial charge in [0.1, 0.15) is 11.9 Å². The zero-order valence-corrected chi connectivity index (χ0v) is 28.1. The molecule has 2 unspecified atom stereocenters. The van der Waals surface area contributed by atoms with Gasteiger partial charge in [-0.25, -0.2) is 4.98 Å². The molecule has 1 fully saturated rings. The first kappa shape index (κ1) is 33.4. The van der Waals surface area contributed by atoms with Crippen molar-refractivity contribution in [1.82, 2.24) is 9.88 Å². The molecule has 3 aromatic carbocycles. The topological polar surface area (TPSA) is 119 Å². The highest BCUT2D eigenvalue weighted by molar-refractivity contribution is 6.48. The van der Waals surface area contributed by atoms with E-state index in [2.05, 4.69) is 45.8 Å². The number of likely N-dealkylation sites (tertiary alicyclic amines) is 1. The average molecular weight is 633 g/mol. The summed E-state index contributed by atoms with van der Waals surface area (Å²) in [5, 5.41) is 20.8. The molecule has 0 radical (unpaired) electrons. The van der Waals surface area contributed by atoms with Crippen molar-refractivity contribution in [3.63, 3.8) is 0 Å². The van der Waals surface area contributed by atoms with Crippen LogP contribution < -0.4 is 20.7 Å². The van der Waals surface area contributed by atoms with Crippen LogP contribution in [0.4, 0.5) is 22.9 Å². The largest absolute Gasteiger partial charge is 0.493 e. The fraction of sp³-hybridized carbons (Fsp3) is 0.368. The molecule has 2 atom stereocenters. The van der Waals surface area contributed by atoms with Gasteiger partial charge in [0, 0.05) is 59.8 Å². The summed E-state index contributed by atoms with van der Waals surface area (Å²) in [7, 11) is 1.43. The van der Waals surface area contributed by atoms with Crippen molar-refractivity contribution in [1.29, 1.82) is 5.26 Å². The third-order valence-electron chi connectivity index (χ3n) is 8.99. The number of aromatic nitrogens is 1. The maximum Gasteiger partial charge on any atom is 0.296 e. The predicted octanol–water partition coefficient (Wildman–Crippen LogP) is 7.65. The van der Waals surface area contributed by atoms with Crippen LogP contribution in [-0.2, 0) is 10.2 Å². The van der Waals surface area contributed by atoms with Crippen LogP contribution >= 0.6 is 0 Å². The van der Waals surface area contributed by atoms with Crippen LogP contribution in [0, 0.1) is 11.3 Å². The van der Waals surface area contributed by atoms with Crippen molar-refractivity contribution < 1.29 is 14.3 Å². The number of anilines is 4. The quantitative estimate of drug-likeness (QED) is 0.120. The Morgan fingerprint density at radius 3 is 2.40 bits per heavy atom. The third-order valence-corrected chi connectivity index (χ3v) is 8.99. The summed E-state index contributed by atoms with van der Waals surface area (Å²) in [5.41, 5.74) is 3.01. The number of hydrogen-bond acceptors (Lipinski definition) is 8. The summed E-state index contributed by atoms with van der Waals surface area (Å²) in [6.07, 6.45) is 5.55. The van der Waals surface area contributed by atoms with Crippen molar-refractivity contribution >= 4 is 45.3 Å². The molecule has 3 N–H and O–H groups in total. The van der Waals surface area contributed by atoms with E-state index in [4.69, 9.17) is 4.74 Å². The number of nitrogens with zero attached hydrogens (tertiary/aromatic N) is 3. The first-order valence-electron chi connectivity index (χ1n) is 16.2. The minimum absolute atomic E-state index is 0.216. The van der Waals surface area contributed by atoms with Gasteiger partial charge in [-0.05, 0) is 73.4 Å². The molecule has 1 saturated heterocycles. The number of methoxy groups -OCH3 is 1. The molecule has 0 bridgehead atoms. The molecule has 9 heteroatoms. The molecule has 1 aromatic heterocycles. The van der Waals surface area contributed by atoms with Crippen molar-refractivity contribution in [2.45, 2.75) is 71.4 Å². The van der Waals surface area contributed by atoms with Gasteiger partial charge in [-0.1, -0.05) is 51.5 Å². The van der Waals surface area contributed by atoms with E-state index in [1.807, 2.05) is 63.2 Å². The van der Waals surface area contributed by atoms with Crippen LogP contribution in [0.3, 0.4) is 0 Å². The van der Waals surface area contributed by atoms with E-state index < -0.39 is 11.7 Å². The number of carbonyl (C=O) groups excluding carboxylic acids is 2. The van der Waals surface area contributed by atoms with E-state index in [1.165, 1.54) is 26.4 Å². The number of ether oxygens (including phenoxy) is 1. The van der Waals surface area contributed by atoms with E-state index in [1.54, 1.807) is 24.4 Å². The van der Waals surface area contributed by atoms with Gasteiger partial charge in [-0.3, -0.25) is 14.5 Å². The molecule has 0 spiro atoms. The number of rotatable bonds is 10. The first-order valence-corrected chi connectivity index (χ1v) is 16.2. The minimum atomic E-state index is -0.817.